The quantitative estimate of drug-likeness (QED) is 0.823. The zero-order valence-electron chi connectivity index (χ0n) is 12.7. The zero-order valence-corrected chi connectivity index (χ0v) is 13.5. The van der Waals surface area contributed by atoms with Gasteiger partial charge in [-0.15, -0.1) is 0 Å². The summed E-state index contributed by atoms with van der Waals surface area (Å²) in [5.74, 6) is 0.359. The van der Waals surface area contributed by atoms with Gasteiger partial charge in [-0.1, -0.05) is 13.8 Å². The third-order valence-corrected chi connectivity index (χ3v) is 3.65. The summed E-state index contributed by atoms with van der Waals surface area (Å²) in [6, 6.07) is 5.18. The number of carbonyl (C=O) groups excluding carboxylic acids is 1. The van der Waals surface area contributed by atoms with E-state index in [1.165, 1.54) is 11.3 Å². The van der Waals surface area contributed by atoms with Gasteiger partial charge in [0.1, 0.15) is 5.56 Å². The van der Waals surface area contributed by atoms with Crippen LogP contribution in [0.3, 0.4) is 0 Å². The SMILES string of the molecule is CC(C)COc1ncccc1C(=O)NCC(O)c1ccsc1. The minimum Gasteiger partial charge on any atom is -0.477 e. The van der Waals surface area contributed by atoms with Crippen LogP contribution < -0.4 is 10.1 Å². The van der Waals surface area contributed by atoms with Crippen molar-refractivity contribution in [1.82, 2.24) is 10.3 Å². The van der Waals surface area contributed by atoms with Crippen molar-refractivity contribution in [2.24, 2.45) is 5.92 Å². The summed E-state index contributed by atoms with van der Waals surface area (Å²) in [4.78, 5) is 16.3. The molecule has 1 atom stereocenters. The lowest BCUT2D eigenvalue weighted by Gasteiger charge is -2.13. The molecule has 0 radical (unpaired) electrons. The molecule has 0 aromatic carbocycles. The number of thiophene rings is 1. The number of hydrogen-bond acceptors (Lipinski definition) is 5. The average Bonchev–Trinajstić information content (AvgIpc) is 3.05. The minimum atomic E-state index is -0.716. The van der Waals surface area contributed by atoms with Crippen LogP contribution in [0.25, 0.3) is 0 Å². The molecule has 0 saturated carbocycles. The van der Waals surface area contributed by atoms with Crippen molar-refractivity contribution < 1.29 is 14.6 Å². The molecule has 0 bridgehead atoms. The molecule has 6 heteroatoms. The Morgan fingerprint density at radius 2 is 2.27 bits per heavy atom. The van der Waals surface area contributed by atoms with E-state index in [-0.39, 0.29) is 12.5 Å². The Labute approximate surface area is 134 Å². The molecule has 1 unspecified atom stereocenters. The molecule has 0 fully saturated rings. The Bertz CT molecular complexity index is 599. The molecule has 5 nitrogen and oxygen atoms in total. The Balaban J connectivity index is 1.97. The summed E-state index contributed by atoms with van der Waals surface area (Å²) in [7, 11) is 0. The Kier molecular flexibility index (Phi) is 5.91. The molecule has 2 aromatic rings. The van der Waals surface area contributed by atoms with Gasteiger partial charge in [-0.05, 0) is 40.4 Å². The maximum absolute atomic E-state index is 12.2. The van der Waals surface area contributed by atoms with Crippen LogP contribution >= 0.6 is 11.3 Å². The number of hydrogen-bond donors (Lipinski definition) is 2. The number of pyridine rings is 1. The Morgan fingerprint density at radius 3 is 2.95 bits per heavy atom. The van der Waals surface area contributed by atoms with Crippen LogP contribution in [0.1, 0.15) is 35.9 Å². The summed E-state index contributed by atoms with van der Waals surface area (Å²) in [5, 5.41) is 16.5. The number of amides is 1. The smallest absolute Gasteiger partial charge is 0.256 e. The van der Waals surface area contributed by atoms with E-state index >= 15 is 0 Å². The van der Waals surface area contributed by atoms with E-state index in [9.17, 15) is 9.90 Å². The van der Waals surface area contributed by atoms with Gasteiger partial charge in [-0.2, -0.15) is 11.3 Å². The van der Waals surface area contributed by atoms with E-state index in [0.717, 1.165) is 5.56 Å². The number of carbonyl (C=O) groups is 1. The highest BCUT2D eigenvalue weighted by atomic mass is 32.1. The van der Waals surface area contributed by atoms with E-state index in [2.05, 4.69) is 10.3 Å². The number of aliphatic hydroxyl groups excluding tert-OH is 1. The predicted octanol–water partition coefficient (Wildman–Crippen LogP) is 2.64. The molecule has 1 amide bonds. The lowest BCUT2D eigenvalue weighted by atomic mass is 10.2. The van der Waals surface area contributed by atoms with Crippen molar-refractivity contribution in [1.29, 1.82) is 0 Å². The highest BCUT2D eigenvalue weighted by molar-refractivity contribution is 7.07. The minimum absolute atomic E-state index is 0.147. The molecule has 2 aromatic heterocycles. The molecular formula is C16H20N2O3S. The van der Waals surface area contributed by atoms with Gasteiger partial charge in [0, 0.05) is 12.7 Å². The van der Waals surface area contributed by atoms with Crippen LogP contribution in [0.15, 0.2) is 35.2 Å². The number of nitrogens with zero attached hydrogens (tertiary/aromatic N) is 1. The van der Waals surface area contributed by atoms with E-state index in [1.807, 2.05) is 30.7 Å². The molecule has 0 aliphatic heterocycles. The number of aromatic nitrogens is 1. The van der Waals surface area contributed by atoms with Crippen molar-refractivity contribution >= 4 is 17.2 Å². The van der Waals surface area contributed by atoms with Crippen LogP contribution in [0.5, 0.6) is 5.88 Å². The first-order chi connectivity index (χ1) is 10.6. The topological polar surface area (TPSA) is 71.5 Å². The van der Waals surface area contributed by atoms with Gasteiger partial charge in [0.15, 0.2) is 0 Å². The number of aliphatic hydroxyl groups is 1. The molecule has 0 aliphatic carbocycles. The fourth-order valence-electron chi connectivity index (χ4n) is 1.79. The van der Waals surface area contributed by atoms with Crippen LogP contribution in [0.2, 0.25) is 0 Å². The van der Waals surface area contributed by atoms with Crippen LogP contribution in [-0.4, -0.2) is 29.1 Å². The van der Waals surface area contributed by atoms with Crippen LogP contribution in [0, 0.1) is 5.92 Å². The fraction of sp³-hybridized carbons (Fsp3) is 0.375. The van der Waals surface area contributed by atoms with E-state index in [4.69, 9.17) is 4.74 Å². The van der Waals surface area contributed by atoms with E-state index in [1.54, 1.807) is 18.3 Å². The van der Waals surface area contributed by atoms with Gasteiger partial charge in [-0.3, -0.25) is 4.79 Å². The lowest BCUT2D eigenvalue weighted by Crippen LogP contribution is -2.29. The van der Waals surface area contributed by atoms with Crippen molar-refractivity contribution in [3.8, 4) is 5.88 Å². The lowest BCUT2D eigenvalue weighted by molar-refractivity contribution is 0.0910. The van der Waals surface area contributed by atoms with Crippen molar-refractivity contribution in [2.45, 2.75) is 20.0 Å². The van der Waals surface area contributed by atoms with Gasteiger partial charge >= 0.3 is 0 Å². The zero-order chi connectivity index (χ0) is 15.9. The highest BCUT2D eigenvalue weighted by Gasteiger charge is 2.16. The largest absolute Gasteiger partial charge is 0.477 e. The Hall–Kier alpha value is -1.92. The Morgan fingerprint density at radius 1 is 1.45 bits per heavy atom. The average molecular weight is 320 g/mol. The van der Waals surface area contributed by atoms with Crippen LogP contribution in [-0.2, 0) is 0 Å². The normalized spacial score (nSPS) is 12.2. The second-order valence-electron chi connectivity index (χ2n) is 5.34. The van der Waals surface area contributed by atoms with Crippen molar-refractivity contribution in [3.05, 3.63) is 46.3 Å². The van der Waals surface area contributed by atoms with E-state index < -0.39 is 6.10 Å². The maximum Gasteiger partial charge on any atom is 0.256 e. The van der Waals surface area contributed by atoms with Gasteiger partial charge in [0.2, 0.25) is 5.88 Å². The number of ether oxygens (including phenoxy) is 1. The summed E-state index contributed by atoms with van der Waals surface area (Å²) >= 11 is 1.51. The summed E-state index contributed by atoms with van der Waals surface area (Å²) in [5.41, 5.74) is 1.17. The van der Waals surface area contributed by atoms with Crippen molar-refractivity contribution in [2.75, 3.05) is 13.2 Å². The molecule has 0 saturated heterocycles. The second kappa shape index (κ2) is 7.91. The molecule has 2 N–H and O–H groups in total. The third-order valence-electron chi connectivity index (χ3n) is 2.95. The molecule has 22 heavy (non-hydrogen) atoms. The molecule has 118 valence electrons. The monoisotopic (exact) mass is 320 g/mol. The molecule has 0 aliphatic rings. The standard InChI is InChI=1S/C16H20N2O3S/c1-11(2)9-21-16-13(4-3-6-17-16)15(20)18-8-14(19)12-5-7-22-10-12/h3-7,10-11,14,19H,8-9H2,1-2H3,(H,18,20). The summed E-state index contributed by atoms with van der Waals surface area (Å²) in [6.07, 6.45) is 0.874. The van der Waals surface area contributed by atoms with Crippen molar-refractivity contribution in [3.63, 3.8) is 0 Å². The third kappa shape index (κ3) is 4.54. The first-order valence-corrected chi connectivity index (χ1v) is 8.08. The maximum atomic E-state index is 12.2. The number of nitrogens with one attached hydrogen (secondary N) is 1. The fourth-order valence-corrected chi connectivity index (χ4v) is 2.50. The van der Waals surface area contributed by atoms with Gasteiger partial charge in [-0.25, -0.2) is 4.98 Å². The summed E-state index contributed by atoms with van der Waals surface area (Å²) in [6.45, 7) is 4.70. The highest BCUT2D eigenvalue weighted by Crippen LogP contribution is 2.17. The van der Waals surface area contributed by atoms with Gasteiger partial charge in [0.25, 0.3) is 5.91 Å². The van der Waals surface area contributed by atoms with Gasteiger partial charge in [0.05, 0.1) is 12.7 Å². The number of rotatable bonds is 7. The second-order valence-corrected chi connectivity index (χ2v) is 6.12. The first-order valence-electron chi connectivity index (χ1n) is 7.14. The summed E-state index contributed by atoms with van der Waals surface area (Å²) < 4.78 is 5.57. The van der Waals surface area contributed by atoms with Gasteiger partial charge < -0.3 is 15.2 Å². The molecule has 2 heterocycles. The van der Waals surface area contributed by atoms with Crippen LogP contribution in [0.4, 0.5) is 0 Å². The molecule has 2 rings (SSSR count). The molecule has 0 spiro atoms. The predicted molar refractivity (Wildman–Crippen MR) is 86.2 cm³/mol. The first kappa shape index (κ1) is 16.5. The van der Waals surface area contributed by atoms with E-state index in [0.29, 0.717) is 24.0 Å². The molecular weight excluding hydrogens is 300 g/mol.